The second-order valence-electron chi connectivity index (χ2n) is 3.93. The Kier molecular flexibility index (Phi) is 4.32. The van der Waals surface area contributed by atoms with Crippen LogP contribution in [0, 0.1) is 5.82 Å². The van der Waals surface area contributed by atoms with E-state index in [0.29, 0.717) is 15.7 Å². The van der Waals surface area contributed by atoms with E-state index in [2.05, 4.69) is 10.6 Å². The van der Waals surface area contributed by atoms with E-state index < -0.39 is 11.8 Å². The van der Waals surface area contributed by atoms with E-state index in [4.69, 9.17) is 28.9 Å². The molecule has 0 bridgehead atoms. The molecule has 104 valence electrons. The lowest BCUT2D eigenvalue weighted by Crippen LogP contribution is -2.20. The van der Waals surface area contributed by atoms with Gasteiger partial charge in [0.15, 0.2) is 0 Å². The van der Waals surface area contributed by atoms with Gasteiger partial charge in [-0.05, 0) is 36.4 Å². The SMILES string of the molecule is Nc1ccc(F)cc1NC(=O)Nc1cc(Cl)ccc1Cl. The fraction of sp³-hybridized carbons (Fsp3) is 0. The molecule has 0 aliphatic heterocycles. The summed E-state index contributed by atoms with van der Waals surface area (Å²) in [6.07, 6.45) is 0. The molecule has 0 saturated heterocycles. The Bertz CT molecular complexity index is 609. The van der Waals surface area contributed by atoms with Crippen molar-refractivity contribution in [3.8, 4) is 0 Å². The van der Waals surface area contributed by atoms with E-state index in [1.807, 2.05) is 0 Å². The average molecular weight is 314 g/mol. The van der Waals surface area contributed by atoms with Crippen LogP contribution in [0.15, 0.2) is 36.4 Å². The molecule has 7 heteroatoms. The van der Waals surface area contributed by atoms with E-state index in [1.165, 1.54) is 18.2 Å². The molecule has 2 aromatic rings. The third-order valence-corrected chi connectivity index (χ3v) is 3.00. The number of carbonyl (C=O) groups excluding carboxylic acids is 1. The number of rotatable bonds is 2. The molecule has 4 nitrogen and oxygen atoms in total. The minimum Gasteiger partial charge on any atom is -0.397 e. The molecule has 20 heavy (non-hydrogen) atoms. The molecule has 0 aliphatic rings. The summed E-state index contributed by atoms with van der Waals surface area (Å²) in [6, 6.07) is 7.72. The van der Waals surface area contributed by atoms with E-state index in [9.17, 15) is 9.18 Å². The molecule has 0 spiro atoms. The van der Waals surface area contributed by atoms with Gasteiger partial charge < -0.3 is 16.4 Å². The molecule has 0 aliphatic carbocycles. The number of hydrogen-bond acceptors (Lipinski definition) is 2. The molecule has 0 radical (unpaired) electrons. The van der Waals surface area contributed by atoms with Crippen molar-refractivity contribution in [3.05, 3.63) is 52.3 Å². The molecule has 0 saturated carbocycles. The lowest BCUT2D eigenvalue weighted by molar-refractivity contribution is 0.262. The van der Waals surface area contributed by atoms with E-state index in [1.54, 1.807) is 12.1 Å². The summed E-state index contributed by atoms with van der Waals surface area (Å²) in [6.45, 7) is 0. The number of benzene rings is 2. The zero-order valence-electron chi connectivity index (χ0n) is 10.1. The number of carbonyl (C=O) groups is 1. The maximum atomic E-state index is 13.1. The van der Waals surface area contributed by atoms with Crippen LogP contribution in [0.2, 0.25) is 10.0 Å². The Balaban J connectivity index is 2.13. The largest absolute Gasteiger partial charge is 0.397 e. The highest BCUT2D eigenvalue weighted by Gasteiger charge is 2.09. The molecule has 4 N–H and O–H groups in total. The Morgan fingerprint density at radius 2 is 1.75 bits per heavy atom. The molecule has 0 atom stereocenters. The van der Waals surface area contributed by atoms with Gasteiger partial charge >= 0.3 is 6.03 Å². The van der Waals surface area contributed by atoms with Gasteiger partial charge in [-0.2, -0.15) is 0 Å². The van der Waals surface area contributed by atoms with E-state index in [0.717, 1.165) is 6.07 Å². The summed E-state index contributed by atoms with van der Waals surface area (Å²) in [7, 11) is 0. The lowest BCUT2D eigenvalue weighted by Gasteiger charge is -2.11. The topological polar surface area (TPSA) is 67.1 Å². The van der Waals surface area contributed by atoms with Crippen LogP contribution in [0.4, 0.5) is 26.2 Å². The third-order valence-electron chi connectivity index (χ3n) is 2.44. The highest BCUT2D eigenvalue weighted by atomic mass is 35.5. The molecule has 2 aromatic carbocycles. The van der Waals surface area contributed by atoms with Gasteiger partial charge in [-0.15, -0.1) is 0 Å². The fourth-order valence-electron chi connectivity index (χ4n) is 1.51. The van der Waals surface area contributed by atoms with Crippen molar-refractivity contribution in [2.75, 3.05) is 16.4 Å². The summed E-state index contributed by atoms with van der Waals surface area (Å²) in [4.78, 5) is 11.8. The van der Waals surface area contributed by atoms with Crippen molar-refractivity contribution in [2.24, 2.45) is 0 Å². The van der Waals surface area contributed by atoms with E-state index in [-0.39, 0.29) is 11.4 Å². The molecule has 0 heterocycles. The third kappa shape index (κ3) is 3.53. The van der Waals surface area contributed by atoms with Crippen LogP contribution in [-0.4, -0.2) is 6.03 Å². The molecular formula is C13H10Cl2FN3O. The van der Waals surface area contributed by atoms with Crippen LogP contribution in [0.25, 0.3) is 0 Å². The first-order chi connectivity index (χ1) is 9.45. The number of anilines is 3. The Hall–Kier alpha value is -1.98. The fourth-order valence-corrected chi connectivity index (χ4v) is 1.84. The quantitative estimate of drug-likeness (QED) is 0.721. The molecule has 2 rings (SSSR count). The predicted molar refractivity (Wildman–Crippen MR) is 79.9 cm³/mol. The number of hydrogen-bond donors (Lipinski definition) is 3. The van der Waals surface area contributed by atoms with Crippen molar-refractivity contribution in [2.45, 2.75) is 0 Å². The molecule has 2 amide bonds. The highest BCUT2D eigenvalue weighted by Crippen LogP contribution is 2.26. The van der Waals surface area contributed by atoms with Gasteiger partial charge in [0.25, 0.3) is 0 Å². The first-order valence-corrected chi connectivity index (χ1v) is 6.29. The summed E-state index contributed by atoms with van der Waals surface area (Å²) in [5.74, 6) is -0.504. The second kappa shape index (κ2) is 5.98. The number of halogens is 3. The number of amides is 2. The van der Waals surface area contributed by atoms with Gasteiger partial charge in [0.05, 0.1) is 22.1 Å². The first kappa shape index (κ1) is 14.4. The maximum absolute atomic E-state index is 13.1. The van der Waals surface area contributed by atoms with Gasteiger partial charge in [-0.3, -0.25) is 0 Å². The summed E-state index contributed by atoms with van der Waals surface area (Å²) < 4.78 is 13.1. The van der Waals surface area contributed by atoms with Crippen LogP contribution >= 0.6 is 23.2 Å². The number of nitrogens with one attached hydrogen (secondary N) is 2. The molecular weight excluding hydrogens is 304 g/mol. The lowest BCUT2D eigenvalue weighted by atomic mass is 10.2. The van der Waals surface area contributed by atoms with Gasteiger partial charge in [0.1, 0.15) is 5.82 Å². The Morgan fingerprint density at radius 3 is 2.50 bits per heavy atom. The van der Waals surface area contributed by atoms with Gasteiger partial charge in [0.2, 0.25) is 0 Å². The summed E-state index contributed by atoms with van der Waals surface area (Å²) >= 11 is 11.7. The zero-order valence-corrected chi connectivity index (χ0v) is 11.6. The Labute approximate surface area is 124 Å². The van der Waals surface area contributed by atoms with Gasteiger partial charge in [-0.1, -0.05) is 23.2 Å². The van der Waals surface area contributed by atoms with Crippen molar-refractivity contribution < 1.29 is 9.18 Å². The number of nitrogen functional groups attached to an aromatic ring is 1. The van der Waals surface area contributed by atoms with Crippen LogP contribution < -0.4 is 16.4 Å². The van der Waals surface area contributed by atoms with Crippen molar-refractivity contribution >= 4 is 46.3 Å². The van der Waals surface area contributed by atoms with Crippen LogP contribution in [0.5, 0.6) is 0 Å². The monoisotopic (exact) mass is 313 g/mol. The molecule has 0 fully saturated rings. The van der Waals surface area contributed by atoms with Crippen LogP contribution in [0.3, 0.4) is 0 Å². The highest BCUT2D eigenvalue weighted by molar-refractivity contribution is 6.35. The van der Waals surface area contributed by atoms with Crippen molar-refractivity contribution in [1.29, 1.82) is 0 Å². The predicted octanol–water partition coefficient (Wildman–Crippen LogP) is 4.36. The molecule has 0 aromatic heterocycles. The Morgan fingerprint density at radius 1 is 1.05 bits per heavy atom. The average Bonchev–Trinajstić information content (AvgIpc) is 2.38. The standard InChI is InChI=1S/C13H10Cl2FN3O/c14-7-1-3-9(15)11(5-7)18-13(20)19-12-6-8(16)2-4-10(12)17/h1-6H,17H2,(H2,18,19,20). The summed E-state index contributed by atoms with van der Waals surface area (Å²) in [5, 5.41) is 5.69. The smallest absolute Gasteiger partial charge is 0.323 e. The molecule has 0 unspecified atom stereocenters. The van der Waals surface area contributed by atoms with Crippen molar-refractivity contribution in [1.82, 2.24) is 0 Å². The second-order valence-corrected chi connectivity index (χ2v) is 4.78. The van der Waals surface area contributed by atoms with Gasteiger partial charge in [0, 0.05) is 5.02 Å². The first-order valence-electron chi connectivity index (χ1n) is 5.54. The van der Waals surface area contributed by atoms with Crippen LogP contribution in [0.1, 0.15) is 0 Å². The van der Waals surface area contributed by atoms with Crippen molar-refractivity contribution in [3.63, 3.8) is 0 Å². The zero-order chi connectivity index (χ0) is 14.7. The minimum atomic E-state index is -0.605. The maximum Gasteiger partial charge on any atom is 0.323 e. The minimum absolute atomic E-state index is 0.167. The summed E-state index contributed by atoms with van der Waals surface area (Å²) in [5.41, 5.74) is 6.38. The van der Waals surface area contributed by atoms with Crippen LogP contribution in [-0.2, 0) is 0 Å². The normalized spacial score (nSPS) is 10.2. The van der Waals surface area contributed by atoms with Gasteiger partial charge in [-0.25, -0.2) is 9.18 Å². The van der Waals surface area contributed by atoms with E-state index >= 15 is 0 Å². The number of nitrogens with two attached hydrogens (primary N) is 1. The number of urea groups is 1.